The number of hydrogen-bond acceptors (Lipinski definition) is 7. The number of thioether (sulfide) groups is 1. The maximum atomic E-state index is 12.2. The summed E-state index contributed by atoms with van der Waals surface area (Å²) in [6, 6.07) is 10.2. The molecule has 122 valence electrons. The first-order chi connectivity index (χ1) is 11.6. The zero-order valence-electron chi connectivity index (χ0n) is 12.6. The van der Waals surface area contributed by atoms with Crippen LogP contribution in [0.4, 0.5) is 5.69 Å². The smallest absolute Gasteiger partial charge is 0.264 e. The van der Waals surface area contributed by atoms with E-state index in [1.807, 2.05) is 18.2 Å². The number of para-hydroxylation sites is 1. The van der Waals surface area contributed by atoms with E-state index in [2.05, 4.69) is 31.0 Å². The van der Waals surface area contributed by atoms with Crippen LogP contribution in [0.3, 0.4) is 0 Å². The molecule has 3 aromatic rings. The van der Waals surface area contributed by atoms with E-state index in [-0.39, 0.29) is 17.2 Å². The van der Waals surface area contributed by atoms with Crippen molar-refractivity contribution in [2.24, 2.45) is 7.05 Å². The highest BCUT2D eigenvalue weighted by Crippen LogP contribution is 2.25. The Morgan fingerprint density at radius 2 is 2.12 bits per heavy atom. The number of nitrogens with zero attached hydrogens (tertiary/aromatic N) is 5. The average Bonchev–Trinajstić information content (AvgIpc) is 2.99. The first kappa shape index (κ1) is 15.9. The zero-order valence-corrected chi connectivity index (χ0v) is 13.4. The van der Waals surface area contributed by atoms with Crippen LogP contribution < -0.4 is 10.9 Å². The average molecular weight is 343 g/mol. The van der Waals surface area contributed by atoms with E-state index in [9.17, 15) is 9.59 Å². The Hall–Kier alpha value is -3.01. The van der Waals surface area contributed by atoms with Gasteiger partial charge >= 0.3 is 0 Å². The summed E-state index contributed by atoms with van der Waals surface area (Å²) in [6.07, 6.45) is 0. The normalized spacial score (nSPS) is 10.5. The molecule has 2 N–H and O–H groups in total. The highest BCUT2D eigenvalue weighted by atomic mass is 32.2. The molecule has 24 heavy (non-hydrogen) atoms. The topological polar surface area (TPSA) is 118 Å². The molecule has 1 aromatic carbocycles. The Kier molecular flexibility index (Phi) is 4.66. The number of H-pyrrole nitrogens is 1. The van der Waals surface area contributed by atoms with Crippen molar-refractivity contribution in [3.8, 4) is 11.3 Å². The summed E-state index contributed by atoms with van der Waals surface area (Å²) in [5, 5.41) is 20.8. The summed E-state index contributed by atoms with van der Waals surface area (Å²) in [7, 11) is 1.71. The van der Waals surface area contributed by atoms with Crippen molar-refractivity contribution < 1.29 is 4.79 Å². The van der Waals surface area contributed by atoms with Crippen LogP contribution in [0.15, 0.2) is 46.3 Å². The molecule has 0 aliphatic heterocycles. The highest BCUT2D eigenvalue weighted by Gasteiger charge is 2.11. The van der Waals surface area contributed by atoms with Gasteiger partial charge < -0.3 is 5.32 Å². The minimum atomic E-state index is -0.283. The molecular weight excluding hydrogens is 330 g/mol. The number of benzene rings is 1. The third-order valence-corrected chi connectivity index (χ3v) is 4.08. The third kappa shape index (κ3) is 3.66. The van der Waals surface area contributed by atoms with Gasteiger partial charge in [-0.1, -0.05) is 30.0 Å². The quantitative estimate of drug-likeness (QED) is 0.654. The molecule has 0 saturated carbocycles. The fourth-order valence-corrected chi connectivity index (χ4v) is 2.62. The van der Waals surface area contributed by atoms with E-state index in [0.717, 1.165) is 0 Å². The molecule has 0 unspecified atom stereocenters. The number of carbonyl (C=O) groups excluding carboxylic acids is 1. The number of aromatic nitrogens is 6. The van der Waals surface area contributed by atoms with Crippen LogP contribution in [0.25, 0.3) is 11.3 Å². The van der Waals surface area contributed by atoms with E-state index in [4.69, 9.17) is 0 Å². The Morgan fingerprint density at radius 1 is 1.29 bits per heavy atom. The van der Waals surface area contributed by atoms with Crippen molar-refractivity contribution in [2.45, 2.75) is 5.16 Å². The van der Waals surface area contributed by atoms with Gasteiger partial charge in [0.1, 0.15) is 0 Å². The molecule has 2 aromatic heterocycles. The summed E-state index contributed by atoms with van der Waals surface area (Å²) in [5.41, 5.74) is 1.61. The molecule has 1 amide bonds. The van der Waals surface area contributed by atoms with E-state index in [1.165, 1.54) is 22.5 Å². The van der Waals surface area contributed by atoms with Crippen LogP contribution in [0, 0.1) is 0 Å². The van der Waals surface area contributed by atoms with E-state index in [0.29, 0.717) is 22.1 Å². The van der Waals surface area contributed by atoms with Gasteiger partial charge in [-0.15, -0.1) is 5.10 Å². The SMILES string of the molecule is Cn1nnnc1SCC(=O)Nc1ccccc1-c1ccc(=O)[nH]n1. The van der Waals surface area contributed by atoms with Crippen LogP contribution in [0.2, 0.25) is 0 Å². The molecule has 10 heteroatoms. The molecule has 0 aliphatic carbocycles. The molecule has 0 radical (unpaired) electrons. The predicted molar refractivity (Wildman–Crippen MR) is 88.4 cm³/mol. The largest absolute Gasteiger partial charge is 0.325 e. The van der Waals surface area contributed by atoms with Crippen LogP contribution in [0.5, 0.6) is 0 Å². The third-order valence-electron chi connectivity index (χ3n) is 3.07. The van der Waals surface area contributed by atoms with Gasteiger partial charge in [-0.3, -0.25) is 9.59 Å². The van der Waals surface area contributed by atoms with Gasteiger partial charge in [0, 0.05) is 18.7 Å². The molecular formula is C14H13N7O2S. The van der Waals surface area contributed by atoms with Crippen molar-refractivity contribution in [3.63, 3.8) is 0 Å². The molecule has 0 saturated heterocycles. The molecule has 0 atom stereocenters. The number of aromatic amines is 1. The minimum Gasteiger partial charge on any atom is -0.325 e. The monoisotopic (exact) mass is 343 g/mol. The van der Waals surface area contributed by atoms with E-state index in [1.54, 1.807) is 19.2 Å². The van der Waals surface area contributed by atoms with Crippen molar-refractivity contribution in [1.82, 2.24) is 30.4 Å². The van der Waals surface area contributed by atoms with E-state index < -0.39 is 0 Å². The van der Waals surface area contributed by atoms with Crippen LogP contribution in [0.1, 0.15) is 0 Å². The molecule has 3 rings (SSSR count). The fraction of sp³-hybridized carbons (Fsp3) is 0.143. The van der Waals surface area contributed by atoms with E-state index >= 15 is 0 Å². The summed E-state index contributed by atoms with van der Waals surface area (Å²) in [6.45, 7) is 0. The number of tetrazole rings is 1. The second-order valence-electron chi connectivity index (χ2n) is 4.77. The Morgan fingerprint density at radius 3 is 2.83 bits per heavy atom. The molecule has 2 heterocycles. The van der Waals surface area contributed by atoms with Gasteiger partial charge in [-0.2, -0.15) is 5.10 Å². The van der Waals surface area contributed by atoms with Gasteiger partial charge in [0.2, 0.25) is 11.1 Å². The number of aryl methyl sites for hydroxylation is 1. The van der Waals surface area contributed by atoms with Crippen molar-refractivity contribution >= 4 is 23.4 Å². The molecule has 9 nitrogen and oxygen atoms in total. The van der Waals surface area contributed by atoms with Gasteiger partial charge in [0.25, 0.3) is 5.56 Å². The van der Waals surface area contributed by atoms with Crippen molar-refractivity contribution in [2.75, 3.05) is 11.1 Å². The summed E-state index contributed by atoms with van der Waals surface area (Å²) >= 11 is 1.24. The second kappa shape index (κ2) is 7.04. The second-order valence-corrected chi connectivity index (χ2v) is 5.72. The maximum absolute atomic E-state index is 12.2. The first-order valence-corrected chi connectivity index (χ1v) is 7.92. The lowest BCUT2D eigenvalue weighted by atomic mass is 10.1. The molecule has 0 spiro atoms. The lowest BCUT2D eigenvalue weighted by Gasteiger charge is -2.10. The van der Waals surface area contributed by atoms with Gasteiger partial charge in [-0.05, 0) is 22.6 Å². The summed E-state index contributed by atoms with van der Waals surface area (Å²) in [5.74, 6) is -0.0263. The number of hydrogen-bond donors (Lipinski definition) is 2. The Labute approximate surface area is 140 Å². The number of anilines is 1. The standard InChI is InChI=1S/C14H13N7O2S/c1-21-14(18-19-20-21)24-8-13(23)15-10-5-3-2-4-9(10)11-6-7-12(22)17-16-11/h2-7H,8H2,1H3,(H,15,23)(H,17,22). The van der Waals surface area contributed by atoms with Crippen LogP contribution in [-0.2, 0) is 11.8 Å². The van der Waals surface area contributed by atoms with Gasteiger partial charge in [0.15, 0.2) is 0 Å². The number of carbonyl (C=O) groups is 1. The number of amides is 1. The molecule has 0 fully saturated rings. The zero-order chi connectivity index (χ0) is 16.9. The maximum Gasteiger partial charge on any atom is 0.264 e. The van der Waals surface area contributed by atoms with Crippen molar-refractivity contribution in [3.05, 3.63) is 46.8 Å². The predicted octanol–water partition coefficient (Wildman–Crippen LogP) is 0.691. The Balaban J connectivity index is 1.73. The first-order valence-electron chi connectivity index (χ1n) is 6.93. The van der Waals surface area contributed by atoms with Gasteiger partial charge in [0.05, 0.1) is 17.1 Å². The number of rotatable bonds is 5. The Bertz CT molecular complexity index is 901. The molecule has 0 aliphatic rings. The highest BCUT2D eigenvalue weighted by molar-refractivity contribution is 7.99. The van der Waals surface area contributed by atoms with Crippen LogP contribution >= 0.6 is 11.8 Å². The lowest BCUT2D eigenvalue weighted by molar-refractivity contribution is -0.113. The number of nitrogens with one attached hydrogen (secondary N) is 2. The van der Waals surface area contributed by atoms with Crippen LogP contribution in [-0.4, -0.2) is 42.1 Å². The summed E-state index contributed by atoms with van der Waals surface area (Å²) in [4.78, 5) is 23.3. The summed E-state index contributed by atoms with van der Waals surface area (Å²) < 4.78 is 1.50. The molecule has 0 bridgehead atoms. The van der Waals surface area contributed by atoms with Gasteiger partial charge in [-0.25, -0.2) is 9.78 Å². The lowest BCUT2D eigenvalue weighted by Crippen LogP contribution is -2.15. The minimum absolute atomic E-state index is 0.168. The fourth-order valence-electron chi connectivity index (χ4n) is 1.97. The van der Waals surface area contributed by atoms with Crippen molar-refractivity contribution in [1.29, 1.82) is 0 Å².